The zero-order chi connectivity index (χ0) is 14.2. The number of hydrogen-bond acceptors (Lipinski definition) is 4. The minimum absolute atomic E-state index is 0.130. The van der Waals surface area contributed by atoms with E-state index in [0.717, 1.165) is 16.9 Å². The average Bonchev–Trinajstić information content (AvgIpc) is 2.65. The van der Waals surface area contributed by atoms with Crippen LogP contribution < -0.4 is 10.5 Å². The van der Waals surface area contributed by atoms with E-state index in [9.17, 15) is 8.42 Å². The van der Waals surface area contributed by atoms with E-state index >= 15 is 0 Å². The van der Waals surface area contributed by atoms with Crippen molar-refractivity contribution >= 4 is 60.3 Å². The van der Waals surface area contributed by atoms with Crippen molar-refractivity contribution in [3.05, 3.63) is 38.6 Å². The normalized spacial score (nSPS) is 11.5. The van der Waals surface area contributed by atoms with Gasteiger partial charge in [-0.05, 0) is 46.6 Å². The van der Waals surface area contributed by atoms with Gasteiger partial charge in [0.05, 0.1) is 20.2 Å². The Hall–Kier alpha value is -0.760. The summed E-state index contributed by atoms with van der Waals surface area (Å²) in [5.41, 5.74) is 7.40. The third kappa shape index (κ3) is 3.22. The molecule has 2 rings (SSSR count). The Morgan fingerprint density at radius 1 is 1.37 bits per heavy atom. The van der Waals surface area contributed by atoms with Crippen LogP contribution in [0.4, 0.5) is 11.4 Å². The molecular formula is C11H10BrClN2O2S2. The van der Waals surface area contributed by atoms with Crippen LogP contribution >= 0.6 is 38.9 Å². The SMILES string of the molecule is Cc1ccc(N)c(NS(=O)(=O)c2cc(Cl)c(Br)s2)c1. The van der Waals surface area contributed by atoms with Crippen molar-refractivity contribution in [3.63, 3.8) is 0 Å². The van der Waals surface area contributed by atoms with Gasteiger partial charge in [-0.3, -0.25) is 4.72 Å². The summed E-state index contributed by atoms with van der Waals surface area (Å²) in [4.78, 5) is 0. The Morgan fingerprint density at radius 2 is 2.05 bits per heavy atom. The minimum atomic E-state index is -3.68. The lowest BCUT2D eigenvalue weighted by Crippen LogP contribution is -2.12. The van der Waals surface area contributed by atoms with Gasteiger partial charge >= 0.3 is 0 Å². The van der Waals surface area contributed by atoms with Crippen LogP contribution in [-0.4, -0.2) is 8.42 Å². The summed E-state index contributed by atoms with van der Waals surface area (Å²) in [5, 5.41) is 0.364. The number of aryl methyl sites for hydroxylation is 1. The van der Waals surface area contributed by atoms with Crippen molar-refractivity contribution in [1.29, 1.82) is 0 Å². The number of hydrogen-bond donors (Lipinski definition) is 2. The van der Waals surface area contributed by atoms with E-state index in [2.05, 4.69) is 20.7 Å². The first-order valence-corrected chi connectivity index (χ1v) is 8.60. The largest absolute Gasteiger partial charge is 0.397 e. The van der Waals surface area contributed by atoms with E-state index in [0.29, 0.717) is 20.2 Å². The molecule has 1 aromatic carbocycles. The second-order valence-electron chi connectivity index (χ2n) is 3.88. The molecule has 0 aliphatic rings. The molecule has 0 fully saturated rings. The van der Waals surface area contributed by atoms with Crippen molar-refractivity contribution < 1.29 is 8.42 Å². The molecule has 0 saturated carbocycles. The maximum absolute atomic E-state index is 12.2. The van der Waals surface area contributed by atoms with Gasteiger partial charge in [0.2, 0.25) is 0 Å². The monoisotopic (exact) mass is 380 g/mol. The molecule has 0 unspecified atom stereocenters. The number of nitrogens with one attached hydrogen (secondary N) is 1. The molecule has 1 aromatic heterocycles. The molecule has 4 nitrogen and oxygen atoms in total. The number of anilines is 2. The van der Waals surface area contributed by atoms with Gasteiger partial charge in [0.1, 0.15) is 4.21 Å². The van der Waals surface area contributed by atoms with E-state index in [1.54, 1.807) is 12.1 Å². The zero-order valence-electron chi connectivity index (χ0n) is 9.78. The first-order valence-electron chi connectivity index (χ1n) is 5.13. The highest BCUT2D eigenvalue weighted by Crippen LogP contribution is 2.35. The molecule has 19 heavy (non-hydrogen) atoms. The van der Waals surface area contributed by atoms with Crippen LogP contribution in [-0.2, 0) is 10.0 Å². The zero-order valence-corrected chi connectivity index (χ0v) is 13.8. The highest BCUT2D eigenvalue weighted by atomic mass is 79.9. The minimum Gasteiger partial charge on any atom is -0.397 e. The standard InChI is InChI=1S/C11H10BrClN2O2S2/c1-6-2-3-8(14)9(4-6)15-19(16,17)10-5-7(13)11(12)18-10/h2-5,15H,14H2,1H3. The van der Waals surface area contributed by atoms with Crippen LogP contribution in [0.5, 0.6) is 0 Å². The average molecular weight is 382 g/mol. The third-order valence-electron chi connectivity index (χ3n) is 2.34. The number of benzene rings is 1. The van der Waals surface area contributed by atoms with Crippen LogP contribution in [0.1, 0.15) is 5.56 Å². The maximum Gasteiger partial charge on any atom is 0.271 e. The molecule has 2 aromatic rings. The molecule has 0 spiro atoms. The molecule has 8 heteroatoms. The van der Waals surface area contributed by atoms with Crippen molar-refractivity contribution in [2.45, 2.75) is 11.1 Å². The molecule has 0 bridgehead atoms. The van der Waals surface area contributed by atoms with Gasteiger partial charge in [-0.2, -0.15) is 0 Å². The lowest BCUT2D eigenvalue weighted by molar-refractivity contribution is 0.603. The van der Waals surface area contributed by atoms with E-state index < -0.39 is 10.0 Å². The van der Waals surface area contributed by atoms with E-state index in [-0.39, 0.29) is 4.21 Å². The van der Waals surface area contributed by atoms with Crippen LogP contribution in [0, 0.1) is 6.92 Å². The van der Waals surface area contributed by atoms with Gasteiger partial charge in [0, 0.05) is 0 Å². The quantitative estimate of drug-likeness (QED) is 0.793. The number of nitrogens with two attached hydrogens (primary N) is 1. The summed E-state index contributed by atoms with van der Waals surface area (Å²) in [6.07, 6.45) is 0. The molecule has 102 valence electrons. The molecule has 0 saturated heterocycles. The number of halogens is 2. The molecular weight excluding hydrogens is 372 g/mol. The van der Waals surface area contributed by atoms with Crippen LogP contribution in [0.3, 0.4) is 0 Å². The highest BCUT2D eigenvalue weighted by Gasteiger charge is 2.20. The smallest absolute Gasteiger partial charge is 0.271 e. The number of sulfonamides is 1. The van der Waals surface area contributed by atoms with Gasteiger partial charge in [0.15, 0.2) is 0 Å². The Bertz CT molecular complexity index is 709. The van der Waals surface area contributed by atoms with Crippen LogP contribution in [0.15, 0.2) is 32.3 Å². The van der Waals surface area contributed by atoms with Crippen molar-refractivity contribution in [1.82, 2.24) is 0 Å². The first kappa shape index (κ1) is 14.6. The van der Waals surface area contributed by atoms with Crippen LogP contribution in [0.25, 0.3) is 0 Å². The predicted molar refractivity (Wildman–Crippen MR) is 83.4 cm³/mol. The van der Waals surface area contributed by atoms with E-state index in [1.165, 1.54) is 6.07 Å². The number of rotatable bonds is 3. The molecule has 0 radical (unpaired) electrons. The fraction of sp³-hybridized carbons (Fsp3) is 0.0909. The lowest BCUT2D eigenvalue weighted by atomic mass is 10.2. The Morgan fingerprint density at radius 3 is 2.63 bits per heavy atom. The molecule has 3 N–H and O–H groups in total. The fourth-order valence-corrected chi connectivity index (χ4v) is 4.89. The Balaban J connectivity index is 2.39. The van der Waals surface area contributed by atoms with Crippen LogP contribution in [0.2, 0.25) is 5.02 Å². The first-order chi connectivity index (χ1) is 8.79. The summed E-state index contributed by atoms with van der Waals surface area (Å²) in [5.74, 6) is 0. The Kier molecular flexibility index (Phi) is 4.10. The predicted octanol–water partition coefficient (Wildman–Crippen LogP) is 3.86. The van der Waals surface area contributed by atoms with Crippen molar-refractivity contribution in [2.75, 3.05) is 10.5 Å². The summed E-state index contributed by atoms with van der Waals surface area (Å²) < 4.78 is 27.6. The molecule has 0 aliphatic heterocycles. The summed E-state index contributed by atoms with van der Waals surface area (Å²) in [6.45, 7) is 1.86. The second kappa shape index (κ2) is 5.32. The molecule has 0 aliphatic carbocycles. The topological polar surface area (TPSA) is 72.2 Å². The van der Waals surface area contributed by atoms with Gasteiger partial charge in [0.25, 0.3) is 10.0 Å². The fourth-order valence-electron chi connectivity index (χ4n) is 1.41. The summed E-state index contributed by atoms with van der Waals surface area (Å²) >= 11 is 10.1. The third-order valence-corrected chi connectivity index (χ3v) is 6.65. The van der Waals surface area contributed by atoms with Gasteiger partial charge in [-0.25, -0.2) is 8.42 Å². The maximum atomic E-state index is 12.2. The van der Waals surface area contributed by atoms with Crippen molar-refractivity contribution in [3.8, 4) is 0 Å². The van der Waals surface area contributed by atoms with Crippen molar-refractivity contribution in [2.24, 2.45) is 0 Å². The second-order valence-corrected chi connectivity index (χ2v) is 8.57. The highest BCUT2D eigenvalue weighted by molar-refractivity contribution is 9.11. The number of nitrogen functional groups attached to an aromatic ring is 1. The van der Waals surface area contributed by atoms with Gasteiger partial charge in [-0.1, -0.05) is 17.7 Å². The summed E-state index contributed by atoms with van der Waals surface area (Å²) in [6, 6.07) is 6.54. The molecule has 0 atom stereocenters. The molecule has 0 amide bonds. The van der Waals surface area contributed by atoms with Gasteiger partial charge in [-0.15, -0.1) is 11.3 Å². The van der Waals surface area contributed by atoms with E-state index in [1.807, 2.05) is 13.0 Å². The lowest BCUT2D eigenvalue weighted by Gasteiger charge is -2.09. The summed E-state index contributed by atoms with van der Waals surface area (Å²) in [7, 11) is -3.68. The number of thiophene rings is 1. The van der Waals surface area contributed by atoms with E-state index in [4.69, 9.17) is 17.3 Å². The van der Waals surface area contributed by atoms with Gasteiger partial charge < -0.3 is 5.73 Å². The Labute approximate surface area is 128 Å². The molecule has 1 heterocycles.